The molecule has 0 aliphatic rings. The lowest BCUT2D eigenvalue weighted by Crippen LogP contribution is -2.68. The van der Waals surface area contributed by atoms with Crippen LogP contribution in [0.4, 0.5) is 0 Å². The molecule has 9 aromatic rings. The lowest BCUT2D eigenvalue weighted by Gasteiger charge is -2.43. The van der Waals surface area contributed by atoms with Crippen LogP contribution < -0.4 is 29.6 Å². The maximum Gasteiger partial charge on any atom is 0.319 e. The molecule has 0 saturated carbocycles. The molecule has 0 spiro atoms. The predicted molar refractivity (Wildman–Crippen MR) is 276 cm³/mol. The van der Waals surface area contributed by atoms with Crippen molar-refractivity contribution in [3.05, 3.63) is 207 Å². The predicted octanol–water partition coefficient (Wildman–Crippen LogP) is 13.1. The molecule has 6 aromatic carbocycles. The van der Waals surface area contributed by atoms with E-state index in [9.17, 15) is 0 Å². The van der Waals surface area contributed by atoms with Crippen molar-refractivity contribution < 1.29 is 8.85 Å². The van der Waals surface area contributed by atoms with Gasteiger partial charge in [0.1, 0.15) is 11.5 Å². The standard InChI is InChI=1S/C56H52N2O2S2Si2/c1-55(2,3)63(45-19-11-7-12-20-45,46-21-13-8-14-22-46)59-43-31-27-41(28-32-43)51-35-37-53(61-51)49-39-58-50(40-57-49)54-38-36-52(62-54)42-29-33-44(34-30-42)60-64(56(4,5)6,47-23-15-9-16-24-47)48-25-17-10-18-26-48/h7-40H,1-6H3. The highest BCUT2D eigenvalue weighted by molar-refractivity contribution is 7.19. The number of rotatable bonds is 12. The van der Waals surface area contributed by atoms with Crippen molar-refractivity contribution in [2.75, 3.05) is 0 Å². The molecule has 318 valence electrons. The average Bonchev–Trinajstić information content (AvgIpc) is 4.03. The van der Waals surface area contributed by atoms with E-state index in [1.54, 1.807) is 22.7 Å². The Labute approximate surface area is 388 Å². The molecule has 0 amide bonds. The molecular weight excluding hydrogens is 853 g/mol. The summed E-state index contributed by atoms with van der Waals surface area (Å²) >= 11 is 3.44. The topological polar surface area (TPSA) is 44.2 Å². The van der Waals surface area contributed by atoms with Gasteiger partial charge in [0, 0.05) is 9.75 Å². The summed E-state index contributed by atoms with van der Waals surface area (Å²) < 4.78 is 14.5. The van der Waals surface area contributed by atoms with E-state index in [0.717, 1.165) is 43.8 Å². The van der Waals surface area contributed by atoms with Crippen LogP contribution in [0.1, 0.15) is 41.5 Å². The van der Waals surface area contributed by atoms with Crippen molar-refractivity contribution >= 4 is 60.1 Å². The van der Waals surface area contributed by atoms with Crippen LogP contribution in [0.2, 0.25) is 10.1 Å². The molecule has 0 radical (unpaired) electrons. The van der Waals surface area contributed by atoms with Crippen molar-refractivity contribution in [1.82, 2.24) is 9.97 Å². The molecule has 0 aliphatic heterocycles. The Balaban J connectivity index is 0.901. The minimum absolute atomic E-state index is 0.115. The number of hydrogen-bond donors (Lipinski definition) is 0. The molecule has 9 rings (SSSR count). The van der Waals surface area contributed by atoms with Crippen LogP contribution in [0.25, 0.3) is 42.0 Å². The molecule has 64 heavy (non-hydrogen) atoms. The minimum Gasteiger partial charge on any atom is -0.534 e. The Bertz CT molecular complexity index is 2640. The first-order valence-electron chi connectivity index (χ1n) is 21.8. The van der Waals surface area contributed by atoms with Crippen molar-refractivity contribution in [3.8, 4) is 53.5 Å². The fourth-order valence-corrected chi connectivity index (χ4v) is 19.7. The quantitative estimate of drug-likeness (QED) is 0.115. The fourth-order valence-electron chi connectivity index (χ4n) is 8.87. The summed E-state index contributed by atoms with van der Waals surface area (Å²) in [5.41, 5.74) is 4.01. The van der Waals surface area contributed by atoms with Crippen LogP contribution in [-0.2, 0) is 0 Å². The van der Waals surface area contributed by atoms with Gasteiger partial charge in [-0.3, -0.25) is 9.97 Å². The summed E-state index contributed by atoms with van der Waals surface area (Å²) in [5.74, 6) is 1.76. The van der Waals surface area contributed by atoms with E-state index >= 15 is 0 Å². The maximum absolute atomic E-state index is 7.26. The number of benzene rings is 6. The van der Waals surface area contributed by atoms with Crippen molar-refractivity contribution in [3.63, 3.8) is 0 Å². The summed E-state index contributed by atoms with van der Waals surface area (Å²) in [6.07, 6.45) is 3.78. The Hall–Kier alpha value is -6.17. The van der Waals surface area contributed by atoms with Gasteiger partial charge in [0.15, 0.2) is 0 Å². The van der Waals surface area contributed by atoms with Gasteiger partial charge >= 0.3 is 16.6 Å². The molecular formula is C56H52N2O2S2Si2. The van der Waals surface area contributed by atoms with E-state index in [-0.39, 0.29) is 10.1 Å². The van der Waals surface area contributed by atoms with Gasteiger partial charge in [-0.15, -0.1) is 22.7 Å². The minimum atomic E-state index is -2.72. The summed E-state index contributed by atoms with van der Waals surface area (Å²) in [7, 11) is -5.44. The van der Waals surface area contributed by atoms with Gasteiger partial charge in [-0.1, -0.05) is 163 Å². The molecule has 0 N–H and O–H groups in total. The van der Waals surface area contributed by atoms with Gasteiger partial charge in [-0.05, 0) is 115 Å². The zero-order valence-corrected chi connectivity index (χ0v) is 40.8. The van der Waals surface area contributed by atoms with E-state index < -0.39 is 16.6 Å². The summed E-state index contributed by atoms with van der Waals surface area (Å²) in [6.45, 7) is 13.8. The first kappa shape index (κ1) is 43.1. The smallest absolute Gasteiger partial charge is 0.319 e. The molecule has 3 aromatic heterocycles. The lowest BCUT2D eigenvalue weighted by atomic mass is 10.2. The highest BCUT2D eigenvalue weighted by Gasteiger charge is 2.53. The van der Waals surface area contributed by atoms with E-state index in [2.05, 4.69) is 236 Å². The van der Waals surface area contributed by atoms with Crippen molar-refractivity contribution in [2.45, 2.75) is 51.6 Å². The molecule has 3 heterocycles. The first-order valence-corrected chi connectivity index (χ1v) is 27.2. The van der Waals surface area contributed by atoms with Crippen LogP contribution in [0.15, 0.2) is 207 Å². The molecule has 0 aliphatic carbocycles. The highest BCUT2D eigenvalue weighted by Crippen LogP contribution is 2.41. The van der Waals surface area contributed by atoms with Crippen LogP contribution in [0.5, 0.6) is 11.5 Å². The van der Waals surface area contributed by atoms with Crippen LogP contribution in [-0.4, -0.2) is 26.6 Å². The monoisotopic (exact) mass is 904 g/mol. The molecule has 0 fully saturated rings. The molecule has 0 atom stereocenters. The van der Waals surface area contributed by atoms with E-state index in [0.29, 0.717) is 0 Å². The number of thiophene rings is 2. The van der Waals surface area contributed by atoms with E-state index in [1.165, 1.54) is 30.5 Å². The van der Waals surface area contributed by atoms with Gasteiger partial charge < -0.3 is 8.85 Å². The Morgan fingerprint density at radius 3 is 0.891 bits per heavy atom. The average molecular weight is 905 g/mol. The van der Waals surface area contributed by atoms with E-state index in [4.69, 9.17) is 18.8 Å². The zero-order valence-electron chi connectivity index (χ0n) is 37.2. The summed E-state index contributed by atoms with van der Waals surface area (Å²) in [6, 6.07) is 68.9. The zero-order chi connectivity index (χ0) is 44.4. The van der Waals surface area contributed by atoms with Crippen LogP contribution in [0, 0.1) is 0 Å². The van der Waals surface area contributed by atoms with Gasteiger partial charge in [0.05, 0.1) is 33.5 Å². The lowest BCUT2D eigenvalue weighted by molar-refractivity contribution is 0.508. The molecule has 4 nitrogen and oxygen atoms in total. The second kappa shape index (κ2) is 17.8. The van der Waals surface area contributed by atoms with Gasteiger partial charge in [-0.2, -0.15) is 0 Å². The summed E-state index contributed by atoms with van der Waals surface area (Å²) in [4.78, 5) is 14.3. The van der Waals surface area contributed by atoms with Crippen LogP contribution in [0.3, 0.4) is 0 Å². The third kappa shape index (κ3) is 8.35. The molecule has 0 saturated heterocycles. The Morgan fingerprint density at radius 2 is 0.625 bits per heavy atom. The second-order valence-electron chi connectivity index (χ2n) is 18.2. The molecule has 0 bridgehead atoms. The number of hydrogen-bond acceptors (Lipinski definition) is 6. The third-order valence-electron chi connectivity index (χ3n) is 12.0. The highest BCUT2D eigenvalue weighted by atomic mass is 32.1. The number of aromatic nitrogens is 2. The van der Waals surface area contributed by atoms with Crippen molar-refractivity contribution in [1.29, 1.82) is 0 Å². The molecule has 0 unspecified atom stereocenters. The normalized spacial score (nSPS) is 12.2. The SMILES string of the molecule is CC(C)(C)[Si](Oc1ccc(-c2ccc(-c3cnc(-c4ccc(-c5ccc(O[Si](c6ccccc6)(c6ccccc6)C(C)(C)C)cc5)s4)cn3)s2)cc1)(c1ccccc1)c1ccccc1. The maximum atomic E-state index is 7.26. The largest absolute Gasteiger partial charge is 0.534 e. The second-order valence-corrected chi connectivity index (χ2v) is 28.8. The number of nitrogens with zero attached hydrogens (tertiary/aromatic N) is 2. The van der Waals surface area contributed by atoms with Gasteiger partial charge in [0.2, 0.25) is 0 Å². The molecule has 8 heteroatoms. The fraction of sp³-hybridized carbons (Fsp3) is 0.143. The first-order chi connectivity index (χ1) is 30.9. The Morgan fingerprint density at radius 1 is 0.344 bits per heavy atom. The Kier molecular flexibility index (Phi) is 12.0. The van der Waals surface area contributed by atoms with Crippen molar-refractivity contribution in [2.24, 2.45) is 0 Å². The summed E-state index contributed by atoms with van der Waals surface area (Å²) in [5, 5.41) is 4.81. The van der Waals surface area contributed by atoms with Gasteiger partial charge in [-0.25, -0.2) is 0 Å². The van der Waals surface area contributed by atoms with Crippen LogP contribution >= 0.6 is 22.7 Å². The third-order valence-corrected chi connectivity index (χ3v) is 24.2. The van der Waals surface area contributed by atoms with E-state index in [1.807, 2.05) is 12.4 Å². The van der Waals surface area contributed by atoms with Gasteiger partial charge in [0.25, 0.3) is 0 Å².